The molecule has 2 N–H and O–H groups in total. The number of rotatable bonds is 6. The van der Waals surface area contributed by atoms with Crippen molar-refractivity contribution in [3.63, 3.8) is 0 Å². The molecule has 1 amide bonds. The third-order valence-electron chi connectivity index (χ3n) is 3.75. The number of nitrogens with one attached hydrogen (secondary N) is 1. The minimum Gasteiger partial charge on any atom is -0.388 e. The maximum atomic E-state index is 12.0. The zero-order valence-electron chi connectivity index (χ0n) is 14.0. The standard InChI is InChI=1S/C18H22ClN3O2/c1-12(11-16(23)14-7-5-4-6-8-14)20-17(24)10-9-15-13(2)21-22(3)18(15)19/h4-10,12,16,23H,11H2,1-3H3,(H,20,24)/b10-9+. The van der Waals surface area contributed by atoms with E-state index < -0.39 is 6.10 Å². The van der Waals surface area contributed by atoms with Crippen LogP contribution in [0.1, 0.15) is 36.3 Å². The van der Waals surface area contributed by atoms with Gasteiger partial charge in [-0.25, -0.2) is 0 Å². The summed E-state index contributed by atoms with van der Waals surface area (Å²) in [7, 11) is 1.75. The predicted molar refractivity (Wildman–Crippen MR) is 95.6 cm³/mol. The molecule has 6 heteroatoms. The third kappa shape index (κ3) is 4.69. The number of halogens is 1. The van der Waals surface area contributed by atoms with Gasteiger partial charge in [0.25, 0.3) is 0 Å². The molecule has 0 aliphatic heterocycles. The molecule has 1 aromatic heterocycles. The zero-order valence-corrected chi connectivity index (χ0v) is 14.8. The lowest BCUT2D eigenvalue weighted by molar-refractivity contribution is -0.117. The number of amides is 1. The average Bonchev–Trinajstić information content (AvgIpc) is 2.78. The molecule has 0 radical (unpaired) electrons. The van der Waals surface area contributed by atoms with Gasteiger partial charge in [0.15, 0.2) is 0 Å². The molecule has 0 spiro atoms. The van der Waals surface area contributed by atoms with Crippen molar-refractivity contribution in [2.75, 3.05) is 0 Å². The smallest absolute Gasteiger partial charge is 0.244 e. The molecule has 1 heterocycles. The first kappa shape index (κ1) is 18.2. The monoisotopic (exact) mass is 347 g/mol. The number of nitrogens with zero attached hydrogens (tertiary/aromatic N) is 2. The molecular weight excluding hydrogens is 326 g/mol. The van der Waals surface area contributed by atoms with Crippen molar-refractivity contribution in [2.24, 2.45) is 7.05 Å². The molecule has 0 aliphatic rings. The number of aliphatic hydroxyl groups is 1. The number of hydrogen-bond acceptors (Lipinski definition) is 3. The van der Waals surface area contributed by atoms with Crippen molar-refractivity contribution >= 4 is 23.6 Å². The van der Waals surface area contributed by atoms with Gasteiger partial charge in [-0.05, 0) is 31.9 Å². The van der Waals surface area contributed by atoms with E-state index in [1.165, 1.54) is 6.08 Å². The fourth-order valence-electron chi connectivity index (χ4n) is 2.49. The van der Waals surface area contributed by atoms with E-state index in [9.17, 15) is 9.90 Å². The van der Waals surface area contributed by atoms with E-state index in [1.807, 2.05) is 44.2 Å². The number of carbonyl (C=O) groups excluding carboxylic acids is 1. The van der Waals surface area contributed by atoms with Crippen LogP contribution in [0.4, 0.5) is 0 Å². The Bertz CT molecular complexity index is 725. The number of carbonyl (C=O) groups is 1. The van der Waals surface area contributed by atoms with Crippen LogP contribution < -0.4 is 5.32 Å². The first-order valence-electron chi connectivity index (χ1n) is 7.79. The van der Waals surface area contributed by atoms with Crippen LogP contribution in [-0.4, -0.2) is 26.8 Å². The van der Waals surface area contributed by atoms with Gasteiger partial charge in [-0.2, -0.15) is 5.10 Å². The summed E-state index contributed by atoms with van der Waals surface area (Å²) in [4.78, 5) is 12.0. The molecule has 2 unspecified atom stereocenters. The van der Waals surface area contributed by atoms with E-state index in [0.717, 1.165) is 16.8 Å². The van der Waals surface area contributed by atoms with Crippen LogP contribution in [0.15, 0.2) is 36.4 Å². The molecule has 2 aromatic rings. The second-order valence-electron chi connectivity index (χ2n) is 5.82. The average molecular weight is 348 g/mol. The summed E-state index contributed by atoms with van der Waals surface area (Å²) in [5.41, 5.74) is 2.33. The second-order valence-corrected chi connectivity index (χ2v) is 6.18. The van der Waals surface area contributed by atoms with E-state index in [2.05, 4.69) is 10.4 Å². The quantitative estimate of drug-likeness (QED) is 0.789. The highest BCUT2D eigenvalue weighted by Crippen LogP contribution is 2.20. The van der Waals surface area contributed by atoms with Gasteiger partial charge < -0.3 is 10.4 Å². The van der Waals surface area contributed by atoms with Crippen LogP contribution >= 0.6 is 11.6 Å². The molecule has 1 aromatic carbocycles. The van der Waals surface area contributed by atoms with Crippen molar-refractivity contribution in [2.45, 2.75) is 32.4 Å². The van der Waals surface area contributed by atoms with Crippen molar-refractivity contribution in [1.29, 1.82) is 0 Å². The summed E-state index contributed by atoms with van der Waals surface area (Å²) < 4.78 is 1.56. The van der Waals surface area contributed by atoms with E-state index in [0.29, 0.717) is 11.6 Å². The van der Waals surface area contributed by atoms with Gasteiger partial charge in [0.2, 0.25) is 5.91 Å². The van der Waals surface area contributed by atoms with Crippen LogP contribution in [-0.2, 0) is 11.8 Å². The molecule has 5 nitrogen and oxygen atoms in total. The maximum Gasteiger partial charge on any atom is 0.244 e. The van der Waals surface area contributed by atoms with Gasteiger partial charge >= 0.3 is 0 Å². The molecule has 0 saturated carbocycles. The van der Waals surface area contributed by atoms with Gasteiger partial charge in [0.1, 0.15) is 5.15 Å². The highest BCUT2D eigenvalue weighted by Gasteiger charge is 2.14. The Morgan fingerprint density at radius 1 is 1.42 bits per heavy atom. The number of aryl methyl sites for hydroxylation is 2. The van der Waals surface area contributed by atoms with Crippen LogP contribution in [0.3, 0.4) is 0 Å². The Hall–Kier alpha value is -2.11. The van der Waals surface area contributed by atoms with E-state index in [-0.39, 0.29) is 11.9 Å². The number of hydrogen-bond donors (Lipinski definition) is 2. The fraction of sp³-hybridized carbons (Fsp3) is 0.333. The Morgan fingerprint density at radius 3 is 2.67 bits per heavy atom. The Balaban J connectivity index is 1.91. The lowest BCUT2D eigenvalue weighted by Crippen LogP contribution is -2.32. The molecular formula is C18H22ClN3O2. The molecule has 2 atom stereocenters. The van der Waals surface area contributed by atoms with Gasteiger partial charge in [-0.15, -0.1) is 0 Å². The Morgan fingerprint density at radius 2 is 2.08 bits per heavy atom. The highest BCUT2D eigenvalue weighted by molar-refractivity contribution is 6.31. The lowest BCUT2D eigenvalue weighted by atomic mass is 10.0. The predicted octanol–water partition coefficient (Wildman–Crippen LogP) is 3.02. The summed E-state index contributed by atoms with van der Waals surface area (Å²) in [6.45, 7) is 3.70. The molecule has 0 aliphatic carbocycles. The van der Waals surface area contributed by atoms with Gasteiger partial charge in [0, 0.05) is 24.7 Å². The van der Waals surface area contributed by atoms with Gasteiger partial charge in [0.05, 0.1) is 11.8 Å². The van der Waals surface area contributed by atoms with E-state index in [1.54, 1.807) is 17.8 Å². The number of aromatic nitrogens is 2. The topological polar surface area (TPSA) is 67.2 Å². The minimum atomic E-state index is -0.611. The summed E-state index contributed by atoms with van der Waals surface area (Å²) in [6.07, 6.45) is 2.92. The second kappa shape index (κ2) is 8.13. The lowest BCUT2D eigenvalue weighted by Gasteiger charge is -2.17. The fourth-order valence-corrected chi connectivity index (χ4v) is 2.73. The summed E-state index contributed by atoms with van der Waals surface area (Å²) >= 11 is 6.12. The molecule has 2 rings (SSSR count). The van der Waals surface area contributed by atoms with Crippen LogP contribution in [0, 0.1) is 6.92 Å². The molecule has 24 heavy (non-hydrogen) atoms. The first-order chi connectivity index (χ1) is 11.4. The van der Waals surface area contributed by atoms with Crippen molar-refractivity contribution in [1.82, 2.24) is 15.1 Å². The summed E-state index contributed by atoms with van der Waals surface area (Å²) in [5, 5.41) is 17.7. The van der Waals surface area contributed by atoms with Crippen LogP contribution in [0.5, 0.6) is 0 Å². The number of aliphatic hydroxyl groups excluding tert-OH is 1. The largest absolute Gasteiger partial charge is 0.388 e. The van der Waals surface area contributed by atoms with Gasteiger partial charge in [-0.1, -0.05) is 41.9 Å². The van der Waals surface area contributed by atoms with Crippen molar-refractivity contribution in [3.05, 3.63) is 58.4 Å². The molecule has 0 bridgehead atoms. The third-order valence-corrected chi connectivity index (χ3v) is 4.20. The van der Waals surface area contributed by atoms with Crippen molar-refractivity contribution < 1.29 is 9.90 Å². The Kier molecular flexibility index (Phi) is 6.17. The van der Waals surface area contributed by atoms with E-state index in [4.69, 9.17) is 11.6 Å². The molecule has 0 saturated heterocycles. The summed E-state index contributed by atoms with van der Waals surface area (Å²) in [6, 6.07) is 9.23. The Labute approximate surface area is 146 Å². The zero-order chi connectivity index (χ0) is 17.7. The SMILES string of the molecule is Cc1nn(C)c(Cl)c1/C=C/C(=O)NC(C)CC(O)c1ccccc1. The maximum absolute atomic E-state index is 12.0. The van der Waals surface area contributed by atoms with Gasteiger partial charge in [-0.3, -0.25) is 9.48 Å². The highest BCUT2D eigenvalue weighted by atomic mass is 35.5. The van der Waals surface area contributed by atoms with Crippen LogP contribution in [0.2, 0.25) is 5.15 Å². The minimum absolute atomic E-state index is 0.164. The first-order valence-corrected chi connectivity index (χ1v) is 8.17. The van der Waals surface area contributed by atoms with E-state index >= 15 is 0 Å². The number of benzene rings is 1. The summed E-state index contributed by atoms with van der Waals surface area (Å²) in [5.74, 6) is -0.234. The normalized spacial score (nSPS) is 13.9. The van der Waals surface area contributed by atoms with Crippen molar-refractivity contribution in [3.8, 4) is 0 Å². The molecule has 0 fully saturated rings. The molecule has 128 valence electrons. The van der Waals surface area contributed by atoms with Crippen LogP contribution in [0.25, 0.3) is 6.08 Å².